The van der Waals surface area contributed by atoms with E-state index in [1.165, 1.54) is 17.4 Å². The number of aromatic nitrogens is 1. The first-order valence-corrected chi connectivity index (χ1v) is 9.91. The first-order chi connectivity index (χ1) is 13.1. The van der Waals surface area contributed by atoms with Gasteiger partial charge in [-0.1, -0.05) is 18.2 Å². The molecule has 0 unspecified atom stereocenters. The number of fused-ring (bicyclic) bond motifs is 6. The third-order valence-corrected chi connectivity index (χ3v) is 7.15. The quantitative estimate of drug-likeness (QED) is 0.595. The van der Waals surface area contributed by atoms with Crippen LogP contribution in [0.1, 0.15) is 36.6 Å². The van der Waals surface area contributed by atoms with Crippen LogP contribution in [0.15, 0.2) is 24.3 Å². The molecule has 0 spiro atoms. The van der Waals surface area contributed by atoms with E-state index >= 15 is 0 Å². The predicted molar refractivity (Wildman–Crippen MR) is 99.5 cm³/mol. The average molecular weight is 370 g/mol. The number of para-hydroxylation sites is 1. The molecule has 1 aromatic carbocycles. The van der Waals surface area contributed by atoms with Crippen molar-refractivity contribution in [3.63, 3.8) is 0 Å². The SMILES string of the molecule is COC(=O)[C@@H]1[C@H]2C[C@H]3c4c(c5ccccc5n4O)CCN3C[C@@H]2CC[C@@H]1O. The summed E-state index contributed by atoms with van der Waals surface area (Å²) < 4.78 is 6.37. The van der Waals surface area contributed by atoms with Gasteiger partial charge in [-0.15, -0.1) is 0 Å². The van der Waals surface area contributed by atoms with Crippen LogP contribution in [-0.4, -0.2) is 52.2 Å². The van der Waals surface area contributed by atoms with Crippen molar-refractivity contribution in [2.75, 3.05) is 20.2 Å². The lowest BCUT2D eigenvalue weighted by atomic mass is 9.65. The topological polar surface area (TPSA) is 74.9 Å². The zero-order chi connectivity index (χ0) is 18.7. The van der Waals surface area contributed by atoms with Gasteiger partial charge in [-0.25, -0.2) is 0 Å². The monoisotopic (exact) mass is 370 g/mol. The van der Waals surface area contributed by atoms with Crippen molar-refractivity contribution < 1.29 is 19.8 Å². The lowest BCUT2D eigenvalue weighted by Gasteiger charge is -2.50. The summed E-state index contributed by atoms with van der Waals surface area (Å²) in [5, 5.41) is 22.5. The largest absolute Gasteiger partial charge is 0.469 e. The number of hydrogen-bond acceptors (Lipinski definition) is 5. The summed E-state index contributed by atoms with van der Waals surface area (Å²) in [7, 11) is 1.40. The van der Waals surface area contributed by atoms with E-state index in [2.05, 4.69) is 11.0 Å². The van der Waals surface area contributed by atoms with E-state index in [0.717, 1.165) is 48.9 Å². The Morgan fingerprint density at radius 2 is 2.07 bits per heavy atom. The van der Waals surface area contributed by atoms with Crippen LogP contribution >= 0.6 is 0 Å². The minimum absolute atomic E-state index is 0.0739. The smallest absolute Gasteiger partial charge is 0.311 e. The van der Waals surface area contributed by atoms with Crippen LogP contribution in [0.5, 0.6) is 0 Å². The molecule has 2 aromatic rings. The van der Waals surface area contributed by atoms with E-state index in [-0.39, 0.29) is 17.9 Å². The van der Waals surface area contributed by atoms with Crippen LogP contribution in [0.3, 0.4) is 0 Å². The van der Waals surface area contributed by atoms with Gasteiger partial charge in [0.1, 0.15) is 0 Å². The number of carbonyl (C=O) groups excluding carboxylic acids is 1. The zero-order valence-electron chi connectivity index (χ0n) is 15.5. The summed E-state index contributed by atoms with van der Waals surface area (Å²) in [6, 6.07) is 8.05. The molecular weight excluding hydrogens is 344 g/mol. The molecule has 2 fully saturated rings. The lowest BCUT2D eigenvalue weighted by Crippen LogP contribution is -2.53. The minimum atomic E-state index is -0.631. The van der Waals surface area contributed by atoms with E-state index in [1.807, 2.05) is 18.2 Å². The Labute approximate surface area is 158 Å². The summed E-state index contributed by atoms with van der Waals surface area (Å²) in [6.45, 7) is 1.89. The van der Waals surface area contributed by atoms with Crippen LogP contribution in [0, 0.1) is 17.8 Å². The Bertz CT molecular complexity index is 892. The van der Waals surface area contributed by atoms with Crippen LogP contribution in [0.25, 0.3) is 10.9 Å². The van der Waals surface area contributed by atoms with Gasteiger partial charge in [-0.3, -0.25) is 9.69 Å². The molecule has 144 valence electrons. The number of methoxy groups -OCH3 is 1. The number of rotatable bonds is 1. The number of piperidine rings is 1. The van der Waals surface area contributed by atoms with Crippen molar-refractivity contribution in [1.29, 1.82) is 0 Å². The second kappa shape index (κ2) is 6.24. The lowest BCUT2D eigenvalue weighted by molar-refractivity contribution is -0.160. The molecular formula is C21H26N2O4. The maximum Gasteiger partial charge on any atom is 0.311 e. The Hall–Kier alpha value is -2.05. The molecule has 5 rings (SSSR count). The summed E-state index contributed by atoms with van der Waals surface area (Å²) in [4.78, 5) is 14.9. The van der Waals surface area contributed by atoms with Gasteiger partial charge in [0.15, 0.2) is 0 Å². The van der Waals surface area contributed by atoms with Gasteiger partial charge in [0.05, 0.1) is 36.4 Å². The van der Waals surface area contributed by atoms with E-state index in [0.29, 0.717) is 12.3 Å². The number of aliphatic hydroxyl groups is 1. The third-order valence-electron chi connectivity index (χ3n) is 7.15. The number of ether oxygens (including phenoxy) is 1. The van der Waals surface area contributed by atoms with E-state index < -0.39 is 12.0 Å². The molecule has 0 bridgehead atoms. The zero-order valence-corrected chi connectivity index (χ0v) is 15.5. The van der Waals surface area contributed by atoms with Gasteiger partial charge >= 0.3 is 5.97 Å². The van der Waals surface area contributed by atoms with Crippen molar-refractivity contribution in [3.8, 4) is 0 Å². The Kier molecular flexibility index (Phi) is 3.95. The van der Waals surface area contributed by atoms with Crippen LogP contribution in [0.4, 0.5) is 0 Å². The minimum Gasteiger partial charge on any atom is -0.469 e. The normalized spacial score (nSPS) is 33.2. The Morgan fingerprint density at radius 3 is 2.89 bits per heavy atom. The average Bonchev–Trinajstić information content (AvgIpc) is 2.99. The van der Waals surface area contributed by atoms with E-state index in [4.69, 9.17) is 4.74 Å². The second-order valence-corrected chi connectivity index (χ2v) is 8.31. The molecule has 1 aromatic heterocycles. The number of benzene rings is 1. The van der Waals surface area contributed by atoms with Crippen LogP contribution in [0.2, 0.25) is 0 Å². The standard InChI is InChI=1S/C21H26N2O4/c1-27-21(25)19-15-10-17-20-14(13-4-2-3-5-16(13)23(20)26)8-9-22(17)11-12(15)6-7-18(19)24/h2-5,12,15,17-19,24,26H,6-11H2,1H3/t12-,15-,17-,18-,19+/m0/s1. The first kappa shape index (κ1) is 17.1. The summed E-state index contributed by atoms with van der Waals surface area (Å²) in [6.07, 6.45) is 2.67. The predicted octanol–water partition coefficient (Wildman–Crippen LogP) is 2.36. The van der Waals surface area contributed by atoms with E-state index in [9.17, 15) is 15.1 Å². The highest BCUT2D eigenvalue weighted by molar-refractivity contribution is 5.85. The Balaban J connectivity index is 1.56. The highest BCUT2D eigenvalue weighted by Crippen LogP contribution is 2.49. The molecule has 1 saturated heterocycles. The number of hydrogen-bond donors (Lipinski definition) is 2. The molecule has 3 heterocycles. The third kappa shape index (κ3) is 2.43. The maximum atomic E-state index is 12.4. The number of carbonyl (C=O) groups is 1. The summed E-state index contributed by atoms with van der Waals surface area (Å²) in [5.41, 5.74) is 3.03. The molecule has 27 heavy (non-hydrogen) atoms. The van der Waals surface area contributed by atoms with Gasteiger partial charge < -0.3 is 15.1 Å². The molecule has 0 radical (unpaired) electrons. The molecule has 1 aliphatic carbocycles. The van der Waals surface area contributed by atoms with Crippen molar-refractivity contribution in [2.45, 2.75) is 37.8 Å². The molecule has 2 N–H and O–H groups in total. The fraction of sp³-hybridized carbons (Fsp3) is 0.571. The van der Waals surface area contributed by atoms with Crippen molar-refractivity contribution in [2.24, 2.45) is 17.8 Å². The van der Waals surface area contributed by atoms with Crippen LogP contribution < -0.4 is 0 Å². The van der Waals surface area contributed by atoms with Crippen molar-refractivity contribution in [1.82, 2.24) is 9.63 Å². The van der Waals surface area contributed by atoms with E-state index in [1.54, 1.807) is 0 Å². The number of esters is 1. The Morgan fingerprint density at radius 1 is 1.26 bits per heavy atom. The second-order valence-electron chi connectivity index (χ2n) is 8.31. The van der Waals surface area contributed by atoms with Crippen molar-refractivity contribution in [3.05, 3.63) is 35.5 Å². The number of aliphatic hydroxyl groups excluding tert-OH is 1. The fourth-order valence-corrected chi connectivity index (χ4v) is 5.93. The highest BCUT2D eigenvalue weighted by atomic mass is 16.5. The van der Waals surface area contributed by atoms with Crippen molar-refractivity contribution >= 4 is 16.9 Å². The highest BCUT2D eigenvalue weighted by Gasteiger charge is 2.50. The van der Waals surface area contributed by atoms with Gasteiger partial charge in [0.2, 0.25) is 0 Å². The molecule has 0 amide bonds. The number of nitrogens with zero attached hydrogens (tertiary/aromatic N) is 2. The molecule has 3 aliphatic rings. The summed E-state index contributed by atoms with van der Waals surface area (Å²) >= 11 is 0. The molecule has 6 nitrogen and oxygen atoms in total. The molecule has 2 aliphatic heterocycles. The fourth-order valence-electron chi connectivity index (χ4n) is 5.93. The van der Waals surface area contributed by atoms with Crippen LogP contribution in [-0.2, 0) is 16.0 Å². The van der Waals surface area contributed by atoms with Gasteiger partial charge in [-0.05, 0) is 49.1 Å². The first-order valence-electron chi connectivity index (χ1n) is 9.91. The molecule has 6 heteroatoms. The van der Waals surface area contributed by atoms with Gasteiger partial charge in [0, 0.05) is 18.5 Å². The molecule has 5 atom stereocenters. The maximum absolute atomic E-state index is 12.4. The van der Waals surface area contributed by atoms with Gasteiger partial charge in [-0.2, -0.15) is 4.73 Å². The van der Waals surface area contributed by atoms with Gasteiger partial charge in [0.25, 0.3) is 0 Å². The molecule has 1 saturated carbocycles. The summed E-state index contributed by atoms with van der Waals surface area (Å²) in [5.74, 6) is -0.276.